The van der Waals surface area contributed by atoms with E-state index in [-0.39, 0.29) is 29.7 Å². The normalized spacial score (nSPS) is 12.3. The van der Waals surface area contributed by atoms with E-state index in [2.05, 4.69) is 5.32 Å². The van der Waals surface area contributed by atoms with Crippen molar-refractivity contribution in [1.29, 1.82) is 0 Å². The Labute approximate surface area is 250 Å². The van der Waals surface area contributed by atoms with E-state index in [4.69, 9.17) is 23.2 Å². The smallest absolute Gasteiger partial charge is 0.304 e. The molecule has 0 saturated heterocycles. The molecule has 0 bridgehead atoms. The SMILES string of the molecule is CC(C)NC(=O)[C@H](Cc1ccccc1)N(Cc1ccc(Cl)c(Cl)c1)C(=O)CN(c1ccc(F)cc1)S(=O)(=O)N(C)C. The van der Waals surface area contributed by atoms with Gasteiger partial charge in [0.2, 0.25) is 11.8 Å². The van der Waals surface area contributed by atoms with Crippen LogP contribution in [0.25, 0.3) is 0 Å². The van der Waals surface area contributed by atoms with Crippen molar-refractivity contribution in [2.45, 2.75) is 38.9 Å². The van der Waals surface area contributed by atoms with Gasteiger partial charge in [-0.1, -0.05) is 59.6 Å². The summed E-state index contributed by atoms with van der Waals surface area (Å²) in [5, 5.41) is 3.48. The van der Waals surface area contributed by atoms with Crippen molar-refractivity contribution in [1.82, 2.24) is 14.5 Å². The number of hydrogen-bond donors (Lipinski definition) is 1. The fraction of sp³-hybridized carbons (Fsp3) is 0.310. The molecule has 0 radical (unpaired) electrons. The predicted molar refractivity (Wildman–Crippen MR) is 161 cm³/mol. The number of rotatable bonds is 12. The summed E-state index contributed by atoms with van der Waals surface area (Å²) in [7, 11) is -1.52. The van der Waals surface area contributed by atoms with Gasteiger partial charge in [0, 0.05) is 33.1 Å². The maximum atomic E-state index is 14.1. The Hall–Kier alpha value is -3.18. The lowest BCUT2D eigenvalue weighted by Gasteiger charge is -2.34. The Morgan fingerprint density at radius 2 is 1.54 bits per heavy atom. The third kappa shape index (κ3) is 8.65. The number of halogens is 3. The standard InChI is InChI=1S/C29H33Cl2FN4O4S/c1-20(2)33-29(38)27(17-21-8-6-5-7-9-21)35(18-22-10-15-25(30)26(31)16-22)28(37)19-36(41(39,40)34(3)4)24-13-11-23(32)12-14-24/h5-16,20,27H,17-19H2,1-4H3,(H,33,38)/t27-/m0/s1. The van der Waals surface area contributed by atoms with Crippen LogP contribution in [-0.2, 0) is 32.8 Å². The minimum absolute atomic E-state index is 0.0575. The van der Waals surface area contributed by atoms with Gasteiger partial charge in [0.25, 0.3) is 0 Å². The number of nitrogens with zero attached hydrogens (tertiary/aromatic N) is 3. The number of anilines is 1. The molecule has 3 rings (SSSR count). The highest BCUT2D eigenvalue weighted by atomic mass is 35.5. The lowest BCUT2D eigenvalue weighted by Crippen LogP contribution is -2.55. The third-order valence-corrected chi connectivity index (χ3v) is 8.73. The van der Waals surface area contributed by atoms with Gasteiger partial charge < -0.3 is 10.2 Å². The zero-order chi connectivity index (χ0) is 30.3. The van der Waals surface area contributed by atoms with Crippen molar-refractivity contribution < 1.29 is 22.4 Å². The molecule has 2 amide bonds. The van der Waals surface area contributed by atoms with Crippen LogP contribution < -0.4 is 9.62 Å². The fourth-order valence-electron chi connectivity index (χ4n) is 4.09. The van der Waals surface area contributed by atoms with Crippen LogP contribution in [0.3, 0.4) is 0 Å². The maximum Gasteiger partial charge on any atom is 0.304 e. The van der Waals surface area contributed by atoms with E-state index < -0.39 is 40.4 Å². The van der Waals surface area contributed by atoms with E-state index in [0.29, 0.717) is 10.6 Å². The highest BCUT2D eigenvalue weighted by molar-refractivity contribution is 7.90. The molecule has 3 aromatic rings. The molecule has 0 aliphatic carbocycles. The molecule has 41 heavy (non-hydrogen) atoms. The van der Waals surface area contributed by atoms with E-state index in [1.54, 1.807) is 18.2 Å². The van der Waals surface area contributed by atoms with Crippen LogP contribution in [0.15, 0.2) is 72.8 Å². The summed E-state index contributed by atoms with van der Waals surface area (Å²) in [4.78, 5) is 29.0. The lowest BCUT2D eigenvalue weighted by molar-refractivity contribution is -0.140. The number of benzene rings is 3. The molecule has 8 nitrogen and oxygen atoms in total. The minimum atomic E-state index is -4.18. The van der Waals surface area contributed by atoms with Crippen molar-refractivity contribution >= 4 is 50.9 Å². The van der Waals surface area contributed by atoms with E-state index in [0.717, 1.165) is 26.3 Å². The van der Waals surface area contributed by atoms with Crippen LogP contribution in [-0.4, -0.2) is 62.2 Å². The average molecular weight is 624 g/mol. The van der Waals surface area contributed by atoms with Crippen molar-refractivity contribution in [3.05, 3.63) is 99.8 Å². The van der Waals surface area contributed by atoms with Crippen LogP contribution >= 0.6 is 23.2 Å². The van der Waals surface area contributed by atoms with Crippen molar-refractivity contribution in [3.8, 4) is 0 Å². The monoisotopic (exact) mass is 622 g/mol. The number of amides is 2. The molecular formula is C29H33Cl2FN4O4S. The molecule has 3 aromatic carbocycles. The van der Waals surface area contributed by atoms with Gasteiger partial charge in [0.05, 0.1) is 15.7 Å². The summed E-state index contributed by atoms with van der Waals surface area (Å²) in [6.45, 7) is 2.91. The summed E-state index contributed by atoms with van der Waals surface area (Å²) < 4.78 is 42.2. The van der Waals surface area contributed by atoms with Crippen LogP contribution in [0.2, 0.25) is 10.0 Å². The molecule has 0 aliphatic heterocycles. The minimum Gasteiger partial charge on any atom is -0.352 e. The first kappa shape index (κ1) is 32.3. The molecule has 0 aliphatic rings. The zero-order valence-electron chi connectivity index (χ0n) is 23.2. The molecule has 220 valence electrons. The summed E-state index contributed by atoms with van der Waals surface area (Å²) in [5.74, 6) is -1.61. The number of hydrogen-bond acceptors (Lipinski definition) is 4. The van der Waals surface area contributed by atoms with E-state index in [9.17, 15) is 22.4 Å². The topological polar surface area (TPSA) is 90.0 Å². The summed E-state index contributed by atoms with van der Waals surface area (Å²) >= 11 is 12.4. The highest BCUT2D eigenvalue weighted by Gasteiger charge is 2.35. The maximum absolute atomic E-state index is 14.1. The Kier molecular flexibility index (Phi) is 11.1. The van der Waals surface area contributed by atoms with Crippen LogP contribution in [0.4, 0.5) is 10.1 Å². The Balaban J connectivity index is 2.11. The average Bonchev–Trinajstić information content (AvgIpc) is 2.91. The fourth-order valence-corrected chi connectivity index (χ4v) is 5.47. The molecule has 0 saturated carbocycles. The Bertz CT molecular complexity index is 1460. The highest BCUT2D eigenvalue weighted by Crippen LogP contribution is 2.26. The van der Waals surface area contributed by atoms with Gasteiger partial charge in [0.1, 0.15) is 18.4 Å². The summed E-state index contributed by atoms with van der Waals surface area (Å²) in [5.41, 5.74) is 1.49. The number of nitrogens with one attached hydrogen (secondary N) is 1. The zero-order valence-corrected chi connectivity index (χ0v) is 25.5. The van der Waals surface area contributed by atoms with Crippen LogP contribution in [0.5, 0.6) is 0 Å². The molecule has 0 heterocycles. The first-order valence-electron chi connectivity index (χ1n) is 12.8. The second-order valence-corrected chi connectivity index (χ2v) is 12.8. The third-order valence-electron chi connectivity index (χ3n) is 6.17. The summed E-state index contributed by atoms with van der Waals surface area (Å²) in [6, 6.07) is 17.6. The Morgan fingerprint density at radius 3 is 2.10 bits per heavy atom. The molecule has 1 atom stereocenters. The molecule has 0 unspecified atom stereocenters. The van der Waals surface area contributed by atoms with Crippen LogP contribution in [0.1, 0.15) is 25.0 Å². The first-order valence-corrected chi connectivity index (χ1v) is 15.0. The van der Waals surface area contributed by atoms with Gasteiger partial charge in [-0.15, -0.1) is 0 Å². The van der Waals surface area contributed by atoms with Gasteiger partial charge in [-0.3, -0.25) is 9.59 Å². The molecular weight excluding hydrogens is 590 g/mol. The van der Waals surface area contributed by atoms with Crippen LogP contribution in [0, 0.1) is 5.82 Å². The number of carbonyl (C=O) groups is 2. The van der Waals surface area contributed by atoms with Gasteiger partial charge in [-0.25, -0.2) is 8.70 Å². The first-order chi connectivity index (χ1) is 19.3. The predicted octanol–water partition coefficient (Wildman–Crippen LogP) is 4.91. The van der Waals surface area contributed by atoms with Crippen molar-refractivity contribution in [2.75, 3.05) is 24.9 Å². The Morgan fingerprint density at radius 1 is 0.902 bits per heavy atom. The molecule has 0 fully saturated rings. The second kappa shape index (κ2) is 14.1. The van der Waals surface area contributed by atoms with E-state index >= 15 is 0 Å². The quantitative estimate of drug-likeness (QED) is 0.311. The molecule has 12 heteroatoms. The van der Waals surface area contributed by atoms with Gasteiger partial charge >= 0.3 is 10.2 Å². The lowest BCUT2D eigenvalue weighted by atomic mass is 10.0. The largest absolute Gasteiger partial charge is 0.352 e. The van der Waals surface area contributed by atoms with Gasteiger partial charge in [-0.2, -0.15) is 12.7 Å². The van der Waals surface area contributed by atoms with Crippen molar-refractivity contribution in [3.63, 3.8) is 0 Å². The molecule has 0 aromatic heterocycles. The number of carbonyl (C=O) groups excluding carboxylic acids is 2. The summed E-state index contributed by atoms with van der Waals surface area (Å²) in [6.07, 6.45) is 0.170. The van der Waals surface area contributed by atoms with E-state index in [1.807, 2.05) is 44.2 Å². The van der Waals surface area contributed by atoms with E-state index in [1.165, 1.54) is 31.1 Å². The molecule has 1 N–H and O–H groups in total. The van der Waals surface area contributed by atoms with Crippen molar-refractivity contribution in [2.24, 2.45) is 0 Å². The second-order valence-electron chi connectivity index (χ2n) is 9.91. The van der Waals surface area contributed by atoms with Gasteiger partial charge in [-0.05, 0) is 61.4 Å². The van der Waals surface area contributed by atoms with Gasteiger partial charge in [0.15, 0.2) is 0 Å². The molecule has 0 spiro atoms.